The molecule has 7 heteroatoms. The summed E-state index contributed by atoms with van der Waals surface area (Å²) >= 11 is 6.16. The predicted octanol–water partition coefficient (Wildman–Crippen LogP) is 4.39. The molecular formula is C21H23ClFNO4. The van der Waals surface area contributed by atoms with Gasteiger partial charge in [0.1, 0.15) is 5.82 Å². The molecule has 0 aliphatic carbocycles. The standard InChI is InChI=1S/C21H23ClFNO4/c1-5-8-24-17(25)10-12-9-16(26-2)20(27-3)21(28-4)18(12)19(24)14-11-13(22)6-7-15(14)23/h6-7,9,11,19H,5,8,10H2,1-4H3. The molecule has 0 fully saturated rings. The minimum atomic E-state index is -0.676. The van der Waals surface area contributed by atoms with Gasteiger partial charge < -0.3 is 19.1 Å². The van der Waals surface area contributed by atoms with Crippen molar-refractivity contribution in [3.63, 3.8) is 0 Å². The van der Waals surface area contributed by atoms with Gasteiger partial charge in [0.15, 0.2) is 11.5 Å². The second-order valence-electron chi connectivity index (χ2n) is 6.55. The van der Waals surface area contributed by atoms with Gasteiger partial charge in [-0.15, -0.1) is 0 Å². The monoisotopic (exact) mass is 407 g/mol. The number of carbonyl (C=O) groups excluding carboxylic acids is 1. The summed E-state index contributed by atoms with van der Waals surface area (Å²) in [5.74, 6) is 0.762. The summed E-state index contributed by atoms with van der Waals surface area (Å²) in [6, 6.07) is 5.44. The van der Waals surface area contributed by atoms with Gasteiger partial charge in [-0.05, 0) is 36.2 Å². The second kappa shape index (κ2) is 8.27. The van der Waals surface area contributed by atoms with Crippen LogP contribution in [0.15, 0.2) is 24.3 Å². The maximum Gasteiger partial charge on any atom is 0.227 e. The highest BCUT2D eigenvalue weighted by Crippen LogP contribution is 2.50. The van der Waals surface area contributed by atoms with E-state index in [1.807, 2.05) is 6.92 Å². The number of hydrogen-bond donors (Lipinski definition) is 0. The molecule has 0 radical (unpaired) electrons. The first-order valence-electron chi connectivity index (χ1n) is 9.02. The summed E-state index contributed by atoms with van der Waals surface area (Å²) in [4.78, 5) is 14.6. The Bertz CT molecular complexity index is 902. The summed E-state index contributed by atoms with van der Waals surface area (Å²) in [5, 5.41) is 0.395. The summed E-state index contributed by atoms with van der Waals surface area (Å²) in [6.07, 6.45) is 0.903. The Morgan fingerprint density at radius 1 is 1.14 bits per heavy atom. The predicted molar refractivity (Wildman–Crippen MR) is 105 cm³/mol. The molecule has 1 amide bonds. The van der Waals surface area contributed by atoms with Gasteiger partial charge in [0, 0.05) is 22.7 Å². The second-order valence-corrected chi connectivity index (χ2v) is 6.99. The summed E-state index contributed by atoms with van der Waals surface area (Å²) in [5.41, 5.74) is 1.73. The van der Waals surface area contributed by atoms with Crippen molar-refractivity contribution in [1.29, 1.82) is 0 Å². The van der Waals surface area contributed by atoms with E-state index in [0.717, 1.165) is 12.0 Å². The summed E-state index contributed by atoms with van der Waals surface area (Å²) in [6.45, 7) is 2.45. The maximum absolute atomic E-state index is 14.9. The number of methoxy groups -OCH3 is 3. The first-order valence-corrected chi connectivity index (χ1v) is 9.40. The largest absolute Gasteiger partial charge is 0.493 e. The first kappa shape index (κ1) is 20.3. The number of carbonyl (C=O) groups is 1. The fourth-order valence-electron chi connectivity index (χ4n) is 3.78. The first-order chi connectivity index (χ1) is 13.5. The Kier molecular flexibility index (Phi) is 5.98. The van der Waals surface area contributed by atoms with E-state index in [2.05, 4.69) is 0 Å². The topological polar surface area (TPSA) is 48.0 Å². The van der Waals surface area contributed by atoms with Gasteiger partial charge in [-0.3, -0.25) is 4.79 Å². The molecular weight excluding hydrogens is 385 g/mol. The number of benzene rings is 2. The van der Waals surface area contributed by atoms with Crippen molar-refractivity contribution < 1.29 is 23.4 Å². The highest BCUT2D eigenvalue weighted by Gasteiger charge is 2.39. The van der Waals surface area contributed by atoms with E-state index >= 15 is 0 Å². The molecule has 1 unspecified atom stereocenters. The summed E-state index contributed by atoms with van der Waals surface area (Å²) < 4.78 is 31.4. The number of ether oxygens (including phenoxy) is 3. The minimum absolute atomic E-state index is 0.0898. The molecule has 2 aromatic carbocycles. The maximum atomic E-state index is 14.9. The summed E-state index contributed by atoms with van der Waals surface area (Å²) in [7, 11) is 4.55. The quantitative estimate of drug-likeness (QED) is 0.712. The lowest BCUT2D eigenvalue weighted by Crippen LogP contribution is -2.41. The van der Waals surface area contributed by atoms with Crippen molar-refractivity contribution in [2.24, 2.45) is 0 Å². The van der Waals surface area contributed by atoms with Gasteiger partial charge in [-0.25, -0.2) is 4.39 Å². The van der Waals surface area contributed by atoms with E-state index in [9.17, 15) is 9.18 Å². The van der Waals surface area contributed by atoms with Gasteiger partial charge in [-0.2, -0.15) is 0 Å². The van der Waals surface area contributed by atoms with Crippen LogP contribution in [0.4, 0.5) is 4.39 Å². The third-order valence-electron chi connectivity index (χ3n) is 4.92. The van der Waals surface area contributed by atoms with Crippen LogP contribution >= 0.6 is 11.6 Å². The zero-order valence-corrected chi connectivity index (χ0v) is 17.1. The van der Waals surface area contributed by atoms with E-state index < -0.39 is 11.9 Å². The van der Waals surface area contributed by atoms with Crippen LogP contribution < -0.4 is 14.2 Å². The third-order valence-corrected chi connectivity index (χ3v) is 5.15. The van der Waals surface area contributed by atoms with Crippen LogP contribution in [0.5, 0.6) is 17.2 Å². The normalized spacial score (nSPS) is 16.0. The average molecular weight is 408 g/mol. The van der Waals surface area contributed by atoms with Crippen molar-refractivity contribution in [2.75, 3.05) is 27.9 Å². The van der Waals surface area contributed by atoms with Crippen LogP contribution in [-0.4, -0.2) is 38.7 Å². The molecule has 0 bridgehead atoms. The molecule has 1 atom stereocenters. The van der Waals surface area contributed by atoms with Gasteiger partial charge in [0.25, 0.3) is 0 Å². The van der Waals surface area contributed by atoms with Gasteiger partial charge in [-0.1, -0.05) is 18.5 Å². The fraction of sp³-hybridized carbons (Fsp3) is 0.381. The number of nitrogens with zero attached hydrogens (tertiary/aromatic N) is 1. The van der Waals surface area contributed by atoms with E-state index in [4.69, 9.17) is 25.8 Å². The fourth-order valence-corrected chi connectivity index (χ4v) is 3.96. The molecule has 2 aromatic rings. The van der Waals surface area contributed by atoms with Crippen LogP contribution in [0.3, 0.4) is 0 Å². The Morgan fingerprint density at radius 2 is 1.86 bits per heavy atom. The Morgan fingerprint density at radius 3 is 2.46 bits per heavy atom. The highest BCUT2D eigenvalue weighted by molar-refractivity contribution is 6.30. The van der Waals surface area contributed by atoms with E-state index in [1.54, 1.807) is 17.0 Å². The van der Waals surface area contributed by atoms with Gasteiger partial charge >= 0.3 is 0 Å². The molecule has 150 valence electrons. The van der Waals surface area contributed by atoms with Crippen molar-refractivity contribution >= 4 is 17.5 Å². The Hall–Kier alpha value is -2.47. The number of fused-ring (bicyclic) bond motifs is 1. The van der Waals surface area contributed by atoms with Crippen LogP contribution in [0.25, 0.3) is 0 Å². The molecule has 5 nitrogen and oxygen atoms in total. The smallest absolute Gasteiger partial charge is 0.227 e. The lowest BCUT2D eigenvalue weighted by Gasteiger charge is -2.39. The van der Waals surface area contributed by atoms with Crippen LogP contribution in [0, 0.1) is 5.82 Å². The minimum Gasteiger partial charge on any atom is -0.493 e. The molecule has 0 saturated heterocycles. The molecule has 1 aliphatic heterocycles. The Labute approximate surface area is 168 Å². The lowest BCUT2D eigenvalue weighted by atomic mass is 9.86. The van der Waals surface area contributed by atoms with E-state index in [0.29, 0.717) is 39.9 Å². The zero-order chi connectivity index (χ0) is 20.4. The lowest BCUT2D eigenvalue weighted by molar-refractivity contribution is -0.133. The molecule has 0 aromatic heterocycles. The molecule has 0 N–H and O–H groups in total. The van der Waals surface area contributed by atoms with Crippen molar-refractivity contribution in [1.82, 2.24) is 4.90 Å². The van der Waals surface area contributed by atoms with Crippen LogP contribution in [0.1, 0.15) is 36.1 Å². The van der Waals surface area contributed by atoms with Crippen molar-refractivity contribution in [2.45, 2.75) is 25.8 Å². The average Bonchev–Trinajstić information content (AvgIpc) is 2.69. The number of rotatable bonds is 6. The molecule has 3 rings (SSSR count). The molecule has 0 spiro atoms. The SMILES string of the molecule is CCCN1C(=O)Cc2cc(OC)c(OC)c(OC)c2C1c1cc(Cl)ccc1F. The van der Waals surface area contributed by atoms with Gasteiger partial charge in [0.05, 0.1) is 33.8 Å². The highest BCUT2D eigenvalue weighted by atomic mass is 35.5. The zero-order valence-electron chi connectivity index (χ0n) is 16.3. The molecule has 1 aliphatic rings. The molecule has 0 saturated carbocycles. The number of halogens is 2. The molecule has 1 heterocycles. The van der Waals surface area contributed by atoms with E-state index in [1.165, 1.54) is 33.5 Å². The number of amides is 1. The van der Waals surface area contributed by atoms with Gasteiger partial charge in [0.2, 0.25) is 11.7 Å². The van der Waals surface area contributed by atoms with Crippen molar-refractivity contribution in [3.8, 4) is 17.2 Å². The van der Waals surface area contributed by atoms with Crippen LogP contribution in [-0.2, 0) is 11.2 Å². The Balaban J connectivity index is 2.35. The van der Waals surface area contributed by atoms with Crippen molar-refractivity contribution in [3.05, 3.63) is 51.8 Å². The third kappa shape index (κ3) is 3.37. The van der Waals surface area contributed by atoms with E-state index in [-0.39, 0.29) is 12.3 Å². The molecule has 28 heavy (non-hydrogen) atoms. The number of hydrogen-bond acceptors (Lipinski definition) is 4. The van der Waals surface area contributed by atoms with Crippen LogP contribution in [0.2, 0.25) is 5.02 Å².